The van der Waals surface area contributed by atoms with E-state index >= 15 is 0 Å². The molecule has 0 aliphatic heterocycles. The quantitative estimate of drug-likeness (QED) is 0.468. The van der Waals surface area contributed by atoms with Crippen LogP contribution < -0.4 is 5.32 Å². The summed E-state index contributed by atoms with van der Waals surface area (Å²) in [5.74, 6) is 0.131. The molecule has 3 aromatic rings. The van der Waals surface area contributed by atoms with Crippen LogP contribution in [-0.4, -0.2) is 11.7 Å². The van der Waals surface area contributed by atoms with Crippen LogP contribution >= 0.6 is 0 Å². The second kappa shape index (κ2) is 7.88. The Morgan fingerprint density at radius 2 is 1.48 bits per heavy atom. The van der Waals surface area contributed by atoms with Crippen LogP contribution in [0.1, 0.15) is 40.7 Å². The van der Waals surface area contributed by atoms with Crippen LogP contribution in [0.5, 0.6) is 0 Å². The van der Waals surface area contributed by atoms with Gasteiger partial charge in [-0.2, -0.15) is 0 Å². The third-order valence-corrected chi connectivity index (χ3v) is 5.63. The zero-order valence-electron chi connectivity index (χ0n) is 16.3. The van der Waals surface area contributed by atoms with Crippen LogP contribution in [0.15, 0.2) is 97.1 Å². The lowest BCUT2D eigenvalue weighted by atomic mass is 9.76. The fourth-order valence-electron chi connectivity index (χ4n) is 3.97. The second-order valence-corrected chi connectivity index (χ2v) is 7.51. The van der Waals surface area contributed by atoms with Gasteiger partial charge in [0.05, 0.1) is 5.41 Å². The predicted octanol–water partition coefficient (Wildman–Crippen LogP) is 5.51. The van der Waals surface area contributed by atoms with E-state index in [9.17, 15) is 9.59 Å². The van der Waals surface area contributed by atoms with E-state index < -0.39 is 5.41 Å². The summed E-state index contributed by atoms with van der Waals surface area (Å²) in [6.45, 7) is 1.57. The minimum Gasteiger partial charge on any atom is -0.325 e. The zero-order valence-corrected chi connectivity index (χ0v) is 16.3. The lowest BCUT2D eigenvalue weighted by molar-refractivity contribution is -0.120. The number of carbonyl (C=O) groups is 2. The van der Waals surface area contributed by atoms with E-state index in [1.807, 2.05) is 91.0 Å². The molecule has 0 radical (unpaired) electrons. The number of ketones is 1. The molecule has 0 unspecified atom stereocenters. The molecule has 0 fully saturated rings. The largest absolute Gasteiger partial charge is 0.325 e. The van der Waals surface area contributed by atoms with Gasteiger partial charge in [-0.25, -0.2) is 0 Å². The molecule has 1 amide bonds. The van der Waals surface area contributed by atoms with Crippen molar-refractivity contribution in [2.24, 2.45) is 0 Å². The first kappa shape index (κ1) is 18.9. The number of carbonyl (C=O) groups excluding carboxylic acids is 2. The van der Waals surface area contributed by atoms with Gasteiger partial charge in [-0.15, -0.1) is 0 Å². The van der Waals surface area contributed by atoms with Crippen molar-refractivity contribution in [2.75, 3.05) is 5.32 Å². The molecule has 0 spiro atoms. The van der Waals surface area contributed by atoms with Gasteiger partial charge >= 0.3 is 0 Å². The van der Waals surface area contributed by atoms with Crippen molar-refractivity contribution in [3.05, 3.63) is 114 Å². The Balaban J connectivity index is 1.65. The van der Waals surface area contributed by atoms with E-state index in [2.05, 4.69) is 11.4 Å². The Labute approximate surface area is 171 Å². The van der Waals surface area contributed by atoms with Crippen molar-refractivity contribution in [3.63, 3.8) is 0 Å². The molecule has 144 valence electrons. The molecule has 0 saturated heterocycles. The maximum atomic E-state index is 13.5. The van der Waals surface area contributed by atoms with Gasteiger partial charge in [-0.3, -0.25) is 9.59 Å². The van der Waals surface area contributed by atoms with Gasteiger partial charge in [-0.1, -0.05) is 84.9 Å². The zero-order chi connectivity index (χ0) is 20.3. The molecular weight excluding hydrogens is 358 g/mol. The maximum Gasteiger partial charge on any atom is 0.238 e. The number of Topliss-reactive ketones (excluding diaryl/α,β-unsaturated/α-hetero) is 1. The SMILES string of the molecule is CC(=O)c1ccc([C@@H]2C=C[C@@](C(=O)Nc3ccccc3)(c3ccccc3)C2)cc1. The fourth-order valence-corrected chi connectivity index (χ4v) is 3.97. The molecule has 1 aliphatic rings. The highest BCUT2D eigenvalue weighted by Gasteiger charge is 2.43. The van der Waals surface area contributed by atoms with E-state index in [1.165, 1.54) is 0 Å². The Hall–Kier alpha value is -3.46. The normalized spacial score (nSPS) is 20.4. The molecule has 2 atom stereocenters. The van der Waals surface area contributed by atoms with E-state index in [4.69, 9.17) is 0 Å². The molecule has 0 aromatic heterocycles. The molecule has 3 heteroatoms. The topological polar surface area (TPSA) is 46.2 Å². The Bertz CT molecular complexity index is 1040. The van der Waals surface area contributed by atoms with Gasteiger partial charge in [0, 0.05) is 17.2 Å². The van der Waals surface area contributed by atoms with Gasteiger partial charge in [0.2, 0.25) is 5.91 Å². The Kier molecular flexibility index (Phi) is 5.13. The maximum absolute atomic E-state index is 13.5. The van der Waals surface area contributed by atoms with Crippen LogP contribution in [0.4, 0.5) is 5.69 Å². The summed E-state index contributed by atoms with van der Waals surface area (Å²) >= 11 is 0. The second-order valence-electron chi connectivity index (χ2n) is 7.51. The number of rotatable bonds is 5. The molecule has 0 saturated carbocycles. The van der Waals surface area contributed by atoms with E-state index in [0.29, 0.717) is 12.0 Å². The number of allylic oxidation sites excluding steroid dienone is 1. The highest BCUT2D eigenvalue weighted by Crippen LogP contribution is 2.44. The average molecular weight is 381 g/mol. The highest BCUT2D eigenvalue weighted by atomic mass is 16.2. The summed E-state index contributed by atoms with van der Waals surface area (Å²) < 4.78 is 0. The van der Waals surface area contributed by atoms with Crippen molar-refractivity contribution >= 4 is 17.4 Å². The smallest absolute Gasteiger partial charge is 0.238 e. The van der Waals surface area contributed by atoms with Gasteiger partial charge in [0.1, 0.15) is 0 Å². The van der Waals surface area contributed by atoms with E-state index in [-0.39, 0.29) is 17.6 Å². The first-order valence-corrected chi connectivity index (χ1v) is 9.81. The van der Waals surface area contributed by atoms with Crippen molar-refractivity contribution in [1.82, 2.24) is 0 Å². The number of amides is 1. The molecule has 3 nitrogen and oxygen atoms in total. The van der Waals surface area contributed by atoms with Gasteiger partial charge < -0.3 is 5.32 Å². The van der Waals surface area contributed by atoms with Gasteiger partial charge in [0.25, 0.3) is 0 Å². The number of hydrogen-bond donors (Lipinski definition) is 1. The fraction of sp³-hybridized carbons (Fsp3) is 0.154. The lowest BCUT2D eigenvalue weighted by Gasteiger charge is -2.28. The van der Waals surface area contributed by atoms with Crippen molar-refractivity contribution in [1.29, 1.82) is 0 Å². The summed E-state index contributed by atoms with van der Waals surface area (Å²) in [7, 11) is 0. The number of benzene rings is 3. The molecule has 3 aromatic carbocycles. The third kappa shape index (κ3) is 3.77. The first-order chi connectivity index (χ1) is 14.1. The molecule has 4 rings (SSSR count). The summed E-state index contributed by atoms with van der Waals surface area (Å²) in [5.41, 5.74) is 2.84. The molecule has 29 heavy (non-hydrogen) atoms. The number of para-hydroxylation sites is 1. The predicted molar refractivity (Wildman–Crippen MR) is 116 cm³/mol. The Morgan fingerprint density at radius 3 is 2.10 bits per heavy atom. The summed E-state index contributed by atoms with van der Waals surface area (Å²) in [5, 5.41) is 3.08. The molecule has 1 aliphatic carbocycles. The summed E-state index contributed by atoms with van der Waals surface area (Å²) in [6, 6.07) is 27.2. The standard InChI is InChI=1S/C26H23NO2/c1-19(28)20-12-14-21(15-13-20)22-16-17-26(18-22,23-8-4-2-5-9-23)25(29)27-24-10-6-3-7-11-24/h2-17,22H,18H2,1H3,(H,27,29)/t22-,26+/m1/s1. The highest BCUT2D eigenvalue weighted by molar-refractivity contribution is 6.01. The molecule has 0 heterocycles. The number of nitrogens with one attached hydrogen (secondary N) is 1. The van der Waals surface area contributed by atoms with E-state index in [0.717, 1.165) is 16.8 Å². The number of anilines is 1. The van der Waals surface area contributed by atoms with E-state index in [1.54, 1.807) is 6.92 Å². The third-order valence-electron chi connectivity index (χ3n) is 5.63. The van der Waals surface area contributed by atoms with Crippen molar-refractivity contribution < 1.29 is 9.59 Å². The van der Waals surface area contributed by atoms with Crippen LogP contribution in [0.2, 0.25) is 0 Å². The molecule has 1 N–H and O–H groups in total. The minimum absolute atomic E-state index is 0.0333. The minimum atomic E-state index is -0.735. The van der Waals surface area contributed by atoms with Crippen LogP contribution in [-0.2, 0) is 10.2 Å². The number of hydrogen-bond acceptors (Lipinski definition) is 2. The van der Waals surface area contributed by atoms with Crippen molar-refractivity contribution in [2.45, 2.75) is 24.7 Å². The molecule has 0 bridgehead atoms. The van der Waals surface area contributed by atoms with Crippen LogP contribution in [0.3, 0.4) is 0 Å². The van der Waals surface area contributed by atoms with Crippen molar-refractivity contribution in [3.8, 4) is 0 Å². The first-order valence-electron chi connectivity index (χ1n) is 9.81. The monoisotopic (exact) mass is 381 g/mol. The average Bonchev–Trinajstić information content (AvgIpc) is 3.22. The lowest BCUT2D eigenvalue weighted by Crippen LogP contribution is -2.37. The summed E-state index contributed by atoms with van der Waals surface area (Å²) in [6.07, 6.45) is 4.79. The summed E-state index contributed by atoms with van der Waals surface area (Å²) in [4.78, 5) is 25.0. The van der Waals surface area contributed by atoms with Crippen LogP contribution in [0, 0.1) is 0 Å². The van der Waals surface area contributed by atoms with Gasteiger partial charge in [0.15, 0.2) is 5.78 Å². The van der Waals surface area contributed by atoms with Gasteiger partial charge in [-0.05, 0) is 36.6 Å². The van der Waals surface area contributed by atoms with Crippen LogP contribution in [0.25, 0.3) is 0 Å². The Morgan fingerprint density at radius 1 is 0.862 bits per heavy atom. The molecular formula is C26H23NO2.